The molecule has 1 aromatic carbocycles. The molecule has 1 saturated heterocycles. The number of hydrogen-bond acceptors (Lipinski definition) is 5. The van der Waals surface area contributed by atoms with Crippen LogP contribution in [0.1, 0.15) is 27.3 Å². The summed E-state index contributed by atoms with van der Waals surface area (Å²) in [7, 11) is 2.15. The van der Waals surface area contributed by atoms with Crippen molar-refractivity contribution in [1.82, 2.24) is 19.5 Å². The van der Waals surface area contributed by atoms with E-state index in [1.165, 1.54) is 5.69 Å². The van der Waals surface area contributed by atoms with Crippen molar-refractivity contribution in [3.05, 3.63) is 53.0 Å². The van der Waals surface area contributed by atoms with Gasteiger partial charge in [-0.1, -0.05) is 0 Å². The molecule has 0 atom stereocenters. The van der Waals surface area contributed by atoms with Crippen LogP contribution in [0, 0.1) is 20.8 Å². The van der Waals surface area contributed by atoms with Crippen LogP contribution in [-0.4, -0.2) is 58.6 Å². The Balaban J connectivity index is 1.55. The molecule has 0 bridgehead atoms. The summed E-state index contributed by atoms with van der Waals surface area (Å²) in [6, 6.07) is 8.15. The summed E-state index contributed by atoms with van der Waals surface area (Å²) in [5, 5.41) is 7.33. The molecule has 1 amide bonds. The second kappa shape index (κ2) is 7.24. The highest BCUT2D eigenvalue weighted by Crippen LogP contribution is 2.24. The first kappa shape index (κ1) is 18.4. The smallest absolute Gasteiger partial charge is 0.261 e. The SMILES string of the molecule is Cc1cc(C)n2ncc(C(=O)Nc3ccc(N4CCN(C)CC4)cc3C)c2n1. The zero-order chi connectivity index (χ0) is 19.8. The third kappa shape index (κ3) is 3.45. The van der Waals surface area contributed by atoms with Gasteiger partial charge in [-0.15, -0.1) is 0 Å². The van der Waals surface area contributed by atoms with Gasteiger partial charge >= 0.3 is 0 Å². The summed E-state index contributed by atoms with van der Waals surface area (Å²) in [6.07, 6.45) is 1.58. The number of nitrogens with one attached hydrogen (secondary N) is 1. The Bertz CT molecular complexity index is 1030. The number of aryl methyl sites for hydroxylation is 3. The fraction of sp³-hybridized carbons (Fsp3) is 0.381. The lowest BCUT2D eigenvalue weighted by Crippen LogP contribution is -2.44. The first-order valence-electron chi connectivity index (χ1n) is 9.60. The van der Waals surface area contributed by atoms with Crippen molar-refractivity contribution < 1.29 is 4.79 Å². The molecule has 1 aliphatic rings. The van der Waals surface area contributed by atoms with Gasteiger partial charge in [0, 0.05) is 48.9 Å². The van der Waals surface area contributed by atoms with Crippen LogP contribution in [0.3, 0.4) is 0 Å². The predicted molar refractivity (Wildman–Crippen MR) is 111 cm³/mol. The Morgan fingerprint density at radius 2 is 1.82 bits per heavy atom. The number of carbonyl (C=O) groups excluding carboxylic acids is 1. The number of benzene rings is 1. The maximum Gasteiger partial charge on any atom is 0.261 e. The first-order chi connectivity index (χ1) is 13.4. The standard InChI is InChI=1S/C21H26N6O/c1-14-11-17(26-9-7-25(4)8-10-26)5-6-19(14)24-21(28)18-13-22-27-16(3)12-15(2)23-20(18)27/h5-6,11-13H,7-10H2,1-4H3,(H,24,28). The molecular formula is C21H26N6O. The second-order valence-electron chi connectivity index (χ2n) is 7.58. The number of piperazine rings is 1. The molecule has 1 N–H and O–H groups in total. The van der Waals surface area contributed by atoms with Gasteiger partial charge in [0.1, 0.15) is 5.56 Å². The van der Waals surface area contributed by atoms with E-state index in [2.05, 4.69) is 44.4 Å². The molecule has 1 aliphatic heterocycles. The molecule has 2 aromatic heterocycles. The van der Waals surface area contributed by atoms with Crippen LogP contribution in [-0.2, 0) is 0 Å². The highest BCUT2D eigenvalue weighted by Gasteiger charge is 2.18. The van der Waals surface area contributed by atoms with Gasteiger partial charge in [0.15, 0.2) is 5.65 Å². The Morgan fingerprint density at radius 1 is 1.07 bits per heavy atom. The summed E-state index contributed by atoms with van der Waals surface area (Å²) >= 11 is 0. The molecule has 3 heterocycles. The van der Waals surface area contributed by atoms with Gasteiger partial charge in [-0.05, 0) is 57.6 Å². The molecule has 4 rings (SSSR count). The number of carbonyl (C=O) groups is 1. The van der Waals surface area contributed by atoms with Gasteiger partial charge in [-0.2, -0.15) is 5.10 Å². The zero-order valence-corrected chi connectivity index (χ0v) is 16.9. The number of aromatic nitrogens is 3. The Hall–Kier alpha value is -2.93. The summed E-state index contributed by atoms with van der Waals surface area (Å²) in [5.74, 6) is -0.192. The summed E-state index contributed by atoms with van der Waals surface area (Å²) in [6.45, 7) is 10.1. The quantitative estimate of drug-likeness (QED) is 0.759. The van der Waals surface area contributed by atoms with Gasteiger partial charge in [0.05, 0.1) is 6.20 Å². The van der Waals surface area contributed by atoms with Crippen LogP contribution >= 0.6 is 0 Å². The predicted octanol–water partition coefficient (Wildman–Crippen LogP) is 2.66. The van der Waals surface area contributed by atoms with E-state index in [1.807, 2.05) is 32.9 Å². The maximum absolute atomic E-state index is 12.9. The number of hydrogen-bond donors (Lipinski definition) is 1. The van der Waals surface area contributed by atoms with E-state index in [0.29, 0.717) is 11.2 Å². The van der Waals surface area contributed by atoms with E-state index in [9.17, 15) is 4.79 Å². The molecule has 7 heteroatoms. The highest BCUT2D eigenvalue weighted by atomic mass is 16.1. The van der Waals surface area contributed by atoms with Crippen molar-refractivity contribution in [2.75, 3.05) is 43.4 Å². The molecule has 28 heavy (non-hydrogen) atoms. The fourth-order valence-corrected chi connectivity index (χ4v) is 3.67. The maximum atomic E-state index is 12.9. The minimum absolute atomic E-state index is 0.192. The minimum atomic E-state index is -0.192. The van der Waals surface area contributed by atoms with Crippen molar-refractivity contribution in [3.63, 3.8) is 0 Å². The fourth-order valence-electron chi connectivity index (χ4n) is 3.67. The lowest BCUT2D eigenvalue weighted by Gasteiger charge is -2.34. The Labute approximate surface area is 165 Å². The number of fused-ring (bicyclic) bond motifs is 1. The highest BCUT2D eigenvalue weighted by molar-refractivity contribution is 6.08. The topological polar surface area (TPSA) is 65.8 Å². The van der Waals surface area contributed by atoms with Crippen LogP contribution in [0.15, 0.2) is 30.5 Å². The van der Waals surface area contributed by atoms with Gasteiger partial charge < -0.3 is 15.1 Å². The molecule has 0 unspecified atom stereocenters. The lowest BCUT2D eigenvalue weighted by atomic mass is 10.1. The van der Waals surface area contributed by atoms with Crippen LogP contribution in [0.2, 0.25) is 0 Å². The van der Waals surface area contributed by atoms with E-state index in [-0.39, 0.29) is 5.91 Å². The molecule has 146 valence electrons. The second-order valence-corrected chi connectivity index (χ2v) is 7.58. The largest absolute Gasteiger partial charge is 0.369 e. The van der Waals surface area contributed by atoms with Crippen LogP contribution < -0.4 is 10.2 Å². The van der Waals surface area contributed by atoms with E-state index in [0.717, 1.165) is 48.8 Å². The first-order valence-corrected chi connectivity index (χ1v) is 9.60. The minimum Gasteiger partial charge on any atom is -0.369 e. The van der Waals surface area contributed by atoms with Crippen molar-refractivity contribution in [2.45, 2.75) is 20.8 Å². The number of anilines is 2. The molecule has 0 aliphatic carbocycles. The average molecular weight is 378 g/mol. The van der Waals surface area contributed by atoms with E-state index in [4.69, 9.17) is 0 Å². The zero-order valence-electron chi connectivity index (χ0n) is 16.9. The summed E-state index contributed by atoms with van der Waals surface area (Å²) in [5.41, 5.74) is 5.94. The number of likely N-dealkylation sites (N-methyl/N-ethyl adjacent to an activating group) is 1. The monoisotopic (exact) mass is 378 g/mol. The van der Waals surface area contributed by atoms with E-state index in [1.54, 1.807) is 10.7 Å². The number of nitrogens with zero attached hydrogens (tertiary/aromatic N) is 5. The van der Waals surface area contributed by atoms with Gasteiger partial charge in [0.25, 0.3) is 5.91 Å². The van der Waals surface area contributed by atoms with Crippen LogP contribution in [0.4, 0.5) is 11.4 Å². The van der Waals surface area contributed by atoms with Crippen molar-refractivity contribution >= 4 is 22.9 Å². The lowest BCUT2D eigenvalue weighted by molar-refractivity contribution is 0.102. The summed E-state index contributed by atoms with van der Waals surface area (Å²) < 4.78 is 1.70. The molecule has 1 fully saturated rings. The Morgan fingerprint density at radius 3 is 2.54 bits per heavy atom. The molecule has 0 radical (unpaired) electrons. The molecule has 0 spiro atoms. The van der Waals surface area contributed by atoms with Gasteiger partial charge in [-0.3, -0.25) is 4.79 Å². The average Bonchev–Trinajstić information content (AvgIpc) is 3.08. The van der Waals surface area contributed by atoms with Crippen LogP contribution in [0.25, 0.3) is 5.65 Å². The van der Waals surface area contributed by atoms with Crippen LogP contribution in [0.5, 0.6) is 0 Å². The van der Waals surface area contributed by atoms with Crippen molar-refractivity contribution in [2.24, 2.45) is 0 Å². The molecule has 0 saturated carbocycles. The van der Waals surface area contributed by atoms with Gasteiger partial charge in [0.2, 0.25) is 0 Å². The van der Waals surface area contributed by atoms with Gasteiger partial charge in [-0.25, -0.2) is 9.50 Å². The summed E-state index contributed by atoms with van der Waals surface area (Å²) in [4.78, 5) is 22.1. The third-order valence-electron chi connectivity index (χ3n) is 5.35. The number of amides is 1. The van der Waals surface area contributed by atoms with E-state index < -0.39 is 0 Å². The molecule has 3 aromatic rings. The normalized spacial score (nSPS) is 15.2. The Kier molecular flexibility index (Phi) is 4.77. The number of rotatable bonds is 3. The molecular weight excluding hydrogens is 352 g/mol. The molecule has 7 nitrogen and oxygen atoms in total. The van der Waals surface area contributed by atoms with Crippen molar-refractivity contribution in [3.8, 4) is 0 Å². The van der Waals surface area contributed by atoms with E-state index >= 15 is 0 Å². The third-order valence-corrected chi connectivity index (χ3v) is 5.35. The van der Waals surface area contributed by atoms with Crippen molar-refractivity contribution in [1.29, 1.82) is 0 Å².